The molecule has 1 saturated heterocycles. The second-order valence-corrected chi connectivity index (χ2v) is 5.38. The molecule has 0 saturated carbocycles. The van der Waals surface area contributed by atoms with Gasteiger partial charge in [-0.05, 0) is 63.3 Å². The second-order valence-electron chi connectivity index (χ2n) is 5.38. The van der Waals surface area contributed by atoms with Crippen LogP contribution in [0, 0.1) is 5.82 Å². The van der Waals surface area contributed by atoms with E-state index in [2.05, 4.69) is 5.32 Å². The fourth-order valence-electron chi connectivity index (χ4n) is 2.68. The number of nitrogens with one attached hydrogen (secondary N) is 1. The highest BCUT2D eigenvalue weighted by atomic mass is 19.1. The Hall–Kier alpha value is -0.930. The minimum absolute atomic E-state index is 0.166. The average molecular weight is 265 g/mol. The van der Waals surface area contributed by atoms with Crippen LogP contribution in [-0.4, -0.2) is 25.8 Å². The van der Waals surface area contributed by atoms with Crippen molar-refractivity contribution in [1.82, 2.24) is 5.32 Å². The number of hydrogen-bond donors (Lipinski definition) is 1. The van der Waals surface area contributed by atoms with Gasteiger partial charge in [0.1, 0.15) is 5.82 Å². The molecule has 1 heterocycles. The van der Waals surface area contributed by atoms with E-state index in [9.17, 15) is 4.39 Å². The Morgan fingerprint density at radius 1 is 1.32 bits per heavy atom. The van der Waals surface area contributed by atoms with Gasteiger partial charge in [-0.25, -0.2) is 4.39 Å². The monoisotopic (exact) mass is 265 g/mol. The van der Waals surface area contributed by atoms with Crippen LogP contribution in [0.3, 0.4) is 0 Å². The topological polar surface area (TPSA) is 21.3 Å². The molecule has 1 N–H and O–H groups in total. The van der Waals surface area contributed by atoms with Crippen molar-refractivity contribution in [3.05, 3.63) is 35.6 Å². The van der Waals surface area contributed by atoms with Crippen molar-refractivity contribution in [2.45, 2.75) is 50.7 Å². The highest BCUT2D eigenvalue weighted by Gasteiger charge is 2.16. The van der Waals surface area contributed by atoms with Crippen molar-refractivity contribution in [1.29, 1.82) is 0 Å². The Labute approximate surface area is 115 Å². The molecule has 0 aliphatic carbocycles. The van der Waals surface area contributed by atoms with Gasteiger partial charge in [0.05, 0.1) is 6.10 Å². The maximum atomic E-state index is 12.9. The molecule has 0 bridgehead atoms. The van der Waals surface area contributed by atoms with E-state index in [0.717, 1.165) is 25.9 Å². The number of halogens is 1. The fraction of sp³-hybridized carbons (Fsp3) is 0.625. The van der Waals surface area contributed by atoms with Crippen LogP contribution >= 0.6 is 0 Å². The van der Waals surface area contributed by atoms with E-state index in [-0.39, 0.29) is 5.82 Å². The predicted octanol–water partition coefficient (Wildman–Crippen LogP) is 3.31. The van der Waals surface area contributed by atoms with Gasteiger partial charge in [-0.3, -0.25) is 0 Å². The Kier molecular flexibility index (Phi) is 5.80. The van der Waals surface area contributed by atoms with Gasteiger partial charge in [-0.1, -0.05) is 12.1 Å². The molecule has 0 aromatic heterocycles. The summed E-state index contributed by atoms with van der Waals surface area (Å²) in [6.07, 6.45) is 7.33. The minimum atomic E-state index is -0.166. The highest BCUT2D eigenvalue weighted by Crippen LogP contribution is 2.19. The standard InChI is InChI=1S/C16H24FNO/c1-18-15(9-10-16-4-2-3-11-19-16)12-13-5-7-14(17)8-6-13/h5-8,15-16,18H,2-4,9-12H2,1H3. The molecule has 1 fully saturated rings. The largest absolute Gasteiger partial charge is 0.378 e. The lowest BCUT2D eigenvalue weighted by Gasteiger charge is -2.25. The first-order chi connectivity index (χ1) is 9.28. The van der Waals surface area contributed by atoms with Crippen LogP contribution in [0.5, 0.6) is 0 Å². The molecule has 106 valence electrons. The zero-order valence-corrected chi connectivity index (χ0v) is 11.7. The van der Waals surface area contributed by atoms with Crippen LogP contribution in [0.1, 0.15) is 37.7 Å². The summed E-state index contributed by atoms with van der Waals surface area (Å²) in [4.78, 5) is 0. The van der Waals surface area contributed by atoms with Crippen molar-refractivity contribution in [3.63, 3.8) is 0 Å². The lowest BCUT2D eigenvalue weighted by Crippen LogP contribution is -2.30. The van der Waals surface area contributed by atoms with Crippen LogP contribution in [0.15, 0.2) is 24.3 Å². The first-order valence-electron chi connectivity index (χ1n) is 7.31. The molecule has 1 aromatic rings. The van der Waals surface area contributed by atoms with E-state index >= 15 is 0 Å². The van der Waals surface area contributed by atoms with Gasteiger partial charge in [0.2, 0.25) is 0 Å². The molecule has 0 amide bonds. The van der Waals surface area contributed by atoms with Gasteiger partial charge in [0.25, 0.3) is 0 Å². The van der Waals surface area contributed by atoms with Crippen LogP contribution in [-0.2, 0) is 11.2 Å². The highest BCUT2D eigenvalue weighted by molar-refractivity contribution is 5.17. The summed E-state index contributed by atoms with van der Waals surface area (Å²) in [7, 11) is 2.00. The number of benzene rings is 1. The van der Waals surface area contributed by atoms with Crippen LogP contribution in [0.2, 0.25) is 0 Å². The molecule has 2 nitrogen and oxygen atoms in total. The summed E-state index contributed by atoms with van der Waals surface area (Å²) in [6.45, 7) is 0.923. The van der Waals surface area contributed by atoms with Gasteiger partial charge in [-0.2, -0.15) is 0 Å². The van der Waals surface area contributed by atoms with Crippen molar-refractivity contribution in [2.24, 2.45) is 0 Å². The molecular formula is C16H24FNO. The van der Waals surface area contributed by atoms with Gasteiger partial charge in [-0.15, -0.1) is 0 Å². The molecule has 2 unspecified atom stereocenters. The van der Waals surface area contributed by atoms with Crippen molar-refractivity contribution >= 4 is 0 Å². The molecule has 1 aliphatic rings. The summed E-state index contributed by atoms with van der Waals surface area (Å²) in [5.74, 6) is -0.166. The smallest absolute Gasteiger partial charge is 0.123 e. The maximum Gasteiger partial charge on any atom is 0.123 e. The van der Waals surface area contributed by atoms with E-state index in [1.54, 1.807) is 0 Å². The minimum Gasteiger partial charge on any atom is -0.378 e. The Balaban J connectivity index is 1.77. The van der Waals surface area contributed by atoms with Crippen LogP contribution in [0.4, 0.5) is 4.39 Å². The number of likely N-dealkylation sites (N-methyl/N-ethyl adjacent to an activating group) is 1. The van der Waals surface area contributed by atoms with E-state index in [1.165, 1.54) is 37.0 Å². The summed E-state index contributed by atoms with van der Waals surface area (Å²) in [5, 5.41) is 3.36. The van der Waals surface area contributed by atoms with Gasteiger partial charge >= 0.3 is 0 Å². The SMILES string of the molecule is CNC(CCC1CCCCO1)Cc1ccc(F)cc1. The zero-order chi connectivity index (χ0) is 13.5. The third kappa shape index (κ3) is 4.92. The summed E-state index contributed by atoms with van der Waals surface area (Å²) in [6, 6.07) is 7.25. The molecular weight excluding hydrogens is 241 g/mol. The second kappa shape index (κ2) is 7.61. The van der Waals surface area contributed by atoms with E-state index in [1.807, 2.05) is 19.2 Å². The molecule has 0 radical (unpaired) electrons. The Morgan fingerprint density at radius 2 is 2.11 bits per heavy atom. The average Bonchev–Trinajstić information content (AvgIpc) is 2.46. The summed E-state index contributed by atoms with van der Waals surface area (Å²) in [5.41, 5.74) is 1.19. The van der Waals surface area contributed by atoms with Crippen LogP contribution < -0.4 is 5.32 Å². The molecule has 1 aromatic carbocycles. The number of hydrogen-bond acceptors (Lipinski definition) is 2. The zero-order valence-electron chi connectivity index (χ0n) is 11.7. The van der Waals surface area contributed by atoms with Gasteiger partial charge < -0.3 is 10.1 Å². The number of ether oxygens (including phenoxy) is 1. The van der Waals surface area contributed by atoms with Gasteiger partial charge in [0, 0.05) is 12.6 Å². The molecule has 2 rings (SSSR count). The molecule has 1 aliphatic heterocycles. The first-order valence-corrected chi connectivity index (χ1v) is 7.31. The third-order valence-electron chi connectivity index (χ3n) is 3.91. The van der Waals surface area contributed by atoms with Crippen LogP contribution in [0.25, 0.3) is 0 Å². The lowest BCUT2D eigenvalue weighted by molar-refractivity contribution is 0.00870. The summed E-state index contributed by atoms with van der Waals surface area (Å²) >= 11 is 0. The normalized spacial score (nSPS) is 21.3. The van der Waals surface area contributed by atoms with Crippen molar-refractivity contribution in [3.8, 4) is 0 Å². The van der Waals surface area contributed by atoms with E-state index in [4.69, 9.17) is 4.74 Å². The van der Waals surface area contributed by atoms with Crippen molar-refractivity contribution in [2.75, 3.05) is 13.7 Å². The van der Waals surface area contributed by atoms with E-state index in [0.29, 0.717) is 12.1 Å². The third-order valence-corrected chi connectivity index (χ3v) is 3.91. The predicted molar refractivity (Wildman–Crippen MR) is 75.8 cm³/mol. The van der Waals surface area contributed by atoms with Crippen molar-refractivity contribution < 1.29 is 9.13 Å². The Morgan fingerprint density at radius 3 is 2.74 bits per heavy atom. The van der Waals surface area contributed by atoms with E-state index < -0.39 is 0 Å². The molecule has 0 spiro atoms. The quantitative estimate of drug-likeness (QED) is 0.852. The molecule has 3 heteroatoms. The lowest BCUT2D eigenvalue weighted by atomic mass is 9.97. The summed E-state index contributed by atoms with van der Waals surface area (Å²) < 4.78 is 18.6. The Bertz CT molecular complexity index is 360. The first kappa shape index (κ1) is 14.5. The molecule has 2 atom stereocenters. The van der Waals surface area contributed by atoms with Gasteiger partial charge in [0.15, 0.2) is 0 Å². The fourth-order valence-corrected chi connectivity index (χ4v) is 2.68. The maximum absolute atomic E-state index is 12.9. The number of rotatable bonds is 6. The molecule has 19 heavy (non-hydrogen) atoms.